The molecule has 0 bridgehead atoms. The largest absolute Gasteiger partial charge is 0.493 e. The summed E-state index contributed by atoms with van der Waals surface area (Å²) in [5.41, 5.74) is 1.45. The molecule has 1 aromatic heterocycles. The lowest BCUT2D eigenvalue weighted by Crippen LogP contribution is -2.16. The van der Waals surface area contributed by atoms with Crippen LogP contribution in [0.4, 0.5) is 0 Å². The Labute approximate surface area is 125 Å². The van der Waals surface area contributed by atoms with Gasteiger partial charge in [-0.2, -0.15) is 0 Å². The normalized spacial score (nSPS) is 10.4. The van der Waals surface area contributed by atoms with Crippen LogP contribution in [0, 0.1) is 0 Å². The van der Waals surface area contributed by atoms with Crippen LogP contribution in [-0.4, -0.2) is 29.9 Å². The summed E-state index contributed by atoms with van der Waals surface area (Å²) in [6.07, 6.45) is -0.100. The molecule has 112 valence electrons. The fraction of sp³-hybridized carbons (Fsp3) is 0.286. The second kappa shape index (κ2) is 6.45. The molecule has 0 spiro atoms. The van der Waals surface area contributed by atoms with Gasteiger partial charge in [0.15, 0.2) is 11.5 Å². The number of hydrogen-bond acceptors (Lipinski definition) is 5. The third-order valence-electron chi connectivity index (χ3n) is 3.01. The summed E-state index contributed by atoms with van der Waals surface area (Å²) in [5, 5.41) is 10.5. The topological polar surface area (TPSA) is 77.8 Å². The average Bonchev–Trinajstić information content (AvgIpc) is 2.85. The lowest BCUT2D eigenvalue weighted by Gasteiger charge is -2.11. The molecule has 21 heavy (non-hydrogen) atoms. The summed E-state index contributed by atoms with van der Waals surface area (Å²) in [4.78, 5) is 22.3. The Morgan fingerprint density at radius 1 is 1.29 bits per heavy atom. The van der Waals surface area contributed by atoms with Crippen molar-refractivity contribution < 1.29 is 19.4 Å². The molecule has 1 N–H and O–H groups in total. The van der Waals surface area contributed by atoms with E-state index in [1.807, 2.05) is 0 Å². The smallest absolute Gasteiger partial charge is 0.307 e. The van der Waals surface area contributed by atoms with Crippen LogP contribution in [0.5, 0.6) is 11.5 Å². The number of aromatic nitrogens is 1. The van der Waals surface area contributed by atoms with Crippen LogP contribution < -0.4 is 14.3 Å². The van der Waals surface area contributed by atoms with Gasteiger partial charge in [-0.1, -0.05) is 11.3 Å². The molecule has 7 heteroatoms. The van der Waals surface area contributed by atoms with E-state index in [-0.39, 0.29) is 17.8 Å². The number of ether oxygens (including phenoxy) is 2. The lowest BCUT2D eigenvalue weighted by molar-refractivity contribution is -0.137. The molecule has 0 saturated heterocycles. The number of hydrogen-bond donors (Lipinski definition) is 1. The van der Waals surface area contributed by atoms with Crippen LogP contribution in [0.25, 0.3) is 11.3 Å². The molecule has 0 aliphatic heterocycles. The number of methoxy groups -OCH3 is 2. The highest BCUT2D eigenvalue weighted by Gasteiger charge is 2.13. The molecule has 0 radical (unpaired) electrons. The van der Waals surface area contributed by atoms with Gasteiger partial charge in [0.2, 0.25) is 0 Å². The predicted octanol–water partition coefficient (Wildman–Crippen LogP) is 2.07. The van der Waals surface area contributed by atoms with E-state index < -0.39 is 5.97 Å². The van der Waals surface area contributed by atoms with Gasteiger partial charge in [-0.25, -0.2) is 0 Å². The highest BCUT2D eigenvalue weighted by molar-refractivity contribution is 7.07. The minimum Gasteiger partial charge on any atom is -0.493 e. The molecule has 0 amide bonds. The van der Waals surface area contributed by atoms with Crippen molar-refractivity contribution in [3.8, 4) is 22.8 Å². The first kappa shape index (κ1) is 15.1. The van der Waals surface area contributed by atoms with E-state index in [2.05, 4.69) is 0 Å². The van der Waals surface area contributed by atoms with Crippen LogP contribution in [0.3, 0.4) is 0 Å². The quantitative estimate of drug-likeness (QED) is 0.884. The van der Waals surface area contributed by atoms with Gasteiger partial charge in [0.05, 0.1) is 26.3 Å². The van der Waals surface area contributed by atoms with Gasteiger partial charge in [0, 0.05) is 17.5 Å². The van der Waals surface area contributed by atoms with Crippen molar-refractivity contribution in [3.63, 3.8) is 0 Å². The molecule has 6 nitrogen and oxygen atoms in total. The predicted molar refractivity (Wildman–Crippen MR) is 79.4 cm³/mol. The molecule has 0 atom stereocenters. The third-order valence-corrected chi connectivity index (χ3v) is 3.77. The molecule has 2 aromatic rings. The first-order valence-electron chi connectivity index (χ1n) is 6.19. The minimum atomic E-state index is -0.939. The standard InChI is InChI=1S/C14H15NO5S/c1-19-11-4-3-9(7-12(11)20-2)10-8-21-14(18)15(10)6-5-13(16)17/h3-4,7-8H,5-6H2,1-2H3,(H,16,17). The third kappa shape index (κ3) is 3.25. The number of nitrogens with zero attached hydrogens (tertiary/aromatic N) is 1. The van der Waals surface area contributed by atoms with Crippen molar-refractivity contribution >= 4 is 17.3 Å². The number of carbonyl (C=O) groups is 1. The zero-order valence-electron chi connectivity index (χ0n) is 11.7. The lowest BCUT2D eigenvalue weighted by atomic mass is 10.1. The number of benzene rings is 1. The SMILES string of the molecule is COc1ccc(-c2csc(=O)n2CCC(=O)O)cc1OC. The molecule has 0 aliphatic carbocycles. The molecular weight excluding hydrogens is 294 g/mol. The Morgan fingerprint density at radius 3 is 2.62 bits per heavy atom. The van der Waals surface area contributed by atoms with Crippen molar-refractivity contribution in [2.45, 2.75) is 13.0 Å². The van der Waals surface area contributed by atoms with E-state index in [0.717, 1.165) is 16.9 Å². The highest BCUT2D eigenvalue weighted by Crippen LogP contribution is 2.32. The van der Waals surface area contributed by atoms with Crippen molar-refractivity contribution in [3.05, 3.63) is 33.2 Å². The van der Waals surface area contributed by atoms with Gasteiger partial charge < -0.3 is 14.6 Å². The highest BCUT2D eigenvalue weighted by atomic mass is 32.1. The number of carboxylic acid groups (broad SMARTS) is 1. The Hall–Kier alpha value is -2.28. The van der Waals surface area contributed by atoms with Crippen LogP contribution in [0.2, 0.25) is 0 Å². The van der Waals surface area contributed by atoms with Gasteiger partial charge >= 0.3 is 10.8 Å². The Balaban J connectivity index is 2.42. The van der Waals surface area contributed by atoms with Crippen molar-refractivity contribution in [2.75, 3.05) is 14.2 Å². The van der Waals surface area contributed by atoms with Gasteiger partial charge in [-0.15, -0.1) is 0 Å². The second-order valence-electron chi connectivity index (χ2n) is 4.25. The first-order valence-corrected chi connectivity index (χ1v) is 7.07. The van der Waals surface area contributed by atoms with Crippen LogP contribution in [0.15, 0.2) is 28.4 Å². The molecule has 1 heterocycles. The van der Waals surface area contributed by atoms with Gasteiger partial charge in [-0.05, 0) is 18.2 Å². The number of thiazole rings is 1. The Kier molecular flexibility index (Phi) is 4.64. The number of rotatable bonds is 6. The van der Waals surface area contributed by atoms with Crippen LogP contribution in [0.1, 0.15) is 6.42 Å². The number of carboxylic acids is 1. The molecular formula is C14H15NO5S. The first-order chi connectivity index (χ1) is 10.1. The monoisotopic (exact) mass is 309 g/mol. The van der Waals surface area contributed by atoms with Crippen LogP contribution in [-0.2, 0) is 11.3 Å². The fourth-order valence-electron chi connectivity index (χ4n) is 1.97. The van der Waals surface area contributed by atoms with E-state index in [9.17, 15) is 9.59 Å². The van der Waals surface area contributed by atoms with Gasteiger partial charge in [-0.3, -0.25) is 14.2 Å². The maximum absolute atomic E-state index is 11.8. The minimum absolute atomic E-state index is 0.100. The summed E-state index contributed by atoms with van der Waals surface area (Å²) in [7, 11) is 3.08. The molecule has 2 rings (SSSR count). The Bertz CT molecular complexity index is 704. The molecule has 0 saturated carbocycles. The van der Waals surface area contributed by atoms with Gasteiger partial charge in [0.1, 0.15) is 0 Å². The van der Waals surface area contributed by atoms with Crippen molar-refractivity contribution in [2.24, 2.45) is 0 Å². The molecule has 0 fully saturated rings. The van der Waals surface area contributed by atoms with E-state index in [1.165, 1.54) is 11.7 Å². The zero-order valence-corrected chi connectivity index (χ0v) is 12.5. The molecule has 0 aliphatic rings. The molecule has 0 unspecified atom stereocenters. The zero-order chi connectivity index (χ0) is 15.4. The fourth-order valence-corrected chi connectivity index (χ4v) is 2.76. The van der Waals surface area contributed by atoms with E-state index >= 15 is 0 Å². The summed E-state index contributed by atoms with van der Waals surface area (Å²) >= 11 is 1.04. The number of aliphatic carboxylic acids is 1. The average molecular weight is 309 g/mol. The summed E-state index contributed by atoms with van der Waals surface area (Å²) in [6, 6.07) is 5.32. The second-order valence-corrected chi connectivity index (χ2v) is 5.07. The maximum Gasteiger partial charge on any atom is 0.307 e. The van der Waals surface area contributed by atoms with E-state index in [1.54, 1.807) is 30.7 Å². The summed E-state index contributed by atoms with van der Waals surface area (Å²) in [6.45, 7) is 0.140. The van der Waals surface area contributed by atoms with E-state index in [0.29, 0.717) is 17.2 Å². The summed E-state index contributed by atoms with van der Waals surface area (Å²) < 4.78 is 11.9. The Morgan fingerprint density at radius 2 is 2.00 bits per heavy atom. The van der Waals surface area contributed by atoms with Gasteiger partial charge in [0.25, 0.3) is 0 Å². The molecule has 1 aromatic carbocycles. The van der Waals surface area contributed by atoms with Crippen LogP contribution >= 0.6 is 11.3 Å². The van der Waals surface area contributed by atoms with E-state index in [4.69, 9.17) is 14.6 Å². The summed E-state index contributed by atoms with van der Waals surface area (Å²) in [5.74, 6) is 0.209. The van der Waals surface area contributed by atoms with Crippen molar-refractivity contribution in [1.82, 2.24) is 4.57 Å². The van der Waals surface area contributed by atoms with Crippen molar-refractivity contribution in [1.29, 1.82) is 0 Å². The maximum atomic E-state index is 11.8.